The minimum atomic E-state index is -1.80. The van der Waals surface area contributed by atoms with Crippen molar-refractivity contribution >= 4 is 18.1 Å². The molecule has 5 unspecified atom stereocenters. The third kappa shape index (κ3) is 6.30. The number of aromatic hydroxyl groups is 6. The number of aliphatic hydroxyl groups excluding tert-OH is 3. The summed E-state index contributed by atoms with van der Waals surface area (Å²) in [5.74, 6) is -4.25. The number of ether oxygens (including phenoxy) is 3. The molecule has 13 nitrogen and oxygen atoms in total. The fourth-order valence-electron chi connectivity index (χ4n) is 3.88. The van der Waals surface area contributed by atoms with Crippen LogP contribution in [0.4, 0.5) is 0 Å². The monoisotopic (exact) mass is 558 g/mol. The lowest BCUT2D eigenvalue weighted by molar-refractivity contribution is -0.277. The first-order chi connectivity index (χ1) is 18.9. The number of phenolic OH excluding ortho intramolecular Hbond substituents is 6. The predicted octanol–water partition coefficient (Wildman–Crippen LogP) is 1.13. The molecule has 3 aromatic rings. The normalized spacial score (nSPS) is 22.7. The maximum absolute atomic E-state index is 12.3. The Morgan fingerprint density at radius 3 is 2.02 bits per heavy atom. The van der Waals surface area contributed by atoms with Gasteiger partial charge < -0.3 is 60.2 Å². The van der Waals surface area contributed by atoms with Crippen LogP contribution in [-0.2, 0) is 9.47 Å². The van der Waals surface area contributed by atoms with E-state index in [0.29, 0.717) is 11.1 Å². The predicted molar refractivity (Wildman–Crippen MR) is 136 cm³/mol. The van der Waals surface area contributed by atoms with Gasteiger partial charge in [-0.2, -0.15) is 0 Å². The summed E-state index contributed by atoms with van der Waals surface area (Å²) in [7, 11) is 0. The second-order valence-corrected chi connectivity index (χ2v) is 8.94. The molecule has 1 aliphatic heterocycles. The summed E-state index contributed by atoms with van der Waals surface area (Å²) in [5, 5.41) is 89.1. The third-order valence-corrected chi connectivity index (χ3v) is 5.97. The second kappa shape index (κ2) is 11.6. The number of aliphatic hydroxyl groups is 3. The molecule has 0 bridgehead atoms. The Morgan fingerprint density at radius 1 is 0.750 bits per heavy atom. The molecule has 0 spiro atoms. The number of carbonyl (C=O) groups is 1. The molecule has 4 rings (SSSR count). The van der Waals surface area contributed by atoms with E-state index in [1.807, 2.05) is 0 Å². The van der Waals surface area contributed by atoms with Gasteiger partial charge in [-0.1, -0.05) is 18.2 Å². The molecule has 40 heavy (non-hydrogen) atoms. The van der Waals surface area contributed by atoms with Crippen LogP contribution in [0, 0.1) is 0 Å². The molecule has 5 atom stereocenters. The fraction of sp³-hybridized carbons (Fsp3) is 0.222. The van der Waals surface area contributed by atoms with Crippen LogP contribution in [0.3, 0.4) is 0 Å². The van der Waals surface area contributed by atoms with Crippen LogP contribution in [0.15, 0.2) is 48.5 Å². The van der Waals surface area contributed by atoms with Crippen LogP contribution in [0.5, 0.6) is 40.2 Å². The lowest BCUT2D eigenvalue weighted by atomic mass is 9.99. The summed E-state index contributed by atoms with van der Waals surface area (Å²) in [6.07, 6.45) is -5.18. The molecule has 0 radical (unpaired) electrons. The van der Waals surface area contributed by atoms with Crippen LogP contribution in [-0.4, -0.2) is 89.2 Å². The van der Waals surface area contributed by atoms with Crippen molar-refractivity contribution in [3.63, 3.8) is 0 Å². The number of hydrogen-bond acceptors (Lipinski definition) is 13. The van der Waals surface area contributed by atoms with E-state index in [2.05, 4.69) is 0 Å². The highest BCUT2D eigenvalue weighted by molar-refractivity contribution is 5.91. The number of phenols is 6. The summed E-state index contributed by atoms with van der Waals surface area (Å²) in [4.78, 5) is 12.3. The van der Waals surface area contributed by atoms with E-state index in [1.165, 1.54) is 36.4 Å². The standard InChI is InChI=1S/C27H26O13/c28-15-5-13(6-16(29)10-15)2-1-12-3-4-17(30)20(7-12)39-27-25(36)24(35)23(34)21(40-27)11-38-26(37)14-8-18(31)22(33)19(32)9-14/h1-10,21,23-25,27-36H,11H2. The SMILES string of the molecule is O=C(OCC1OC(Oc2cc(C=Cc3cc(O)cc(O)c3)ccc2O)C(O)C(O)C1O)c1cc(O)c(O)c(O)c1. The highest BCUT2D eigenvalue weighted by Gasteiger charge is 2.45. The maximum atomic E-state index is 12.3. The Morgan fingerprint density at radius 2 is 1.38 bits per heavy atom. The van der Waals surface area contributed by atoms with Crippen molar-refractivity contribution in [2.45, 2.75) is 30.7 Å². The van der Waals surface area contributed by atoms with E-state index in [4.69, 9.17) is 14.2 Å². The molecule has 3 aromatic carbocycles. The maximum Gasteiger partial charge on any atom is 0.338 e. The number of benzene rings is 3. The second-order valence-electron chi connectivity index (χ2n) is 8.94. The van der Waals surface area contributed by atoms with Crippen molar-refractivity contribution < 1.29 is 65.0 Å². The Balaban J connectivity index is 1.46. The van der Waals surface area contributed by atoms with Crippen LogP contribution in [0.25, 0.3) is 12.2 Å². The first-order valence-electron chi connectivity index (χ1n) is 11.8. The number of hydrogen-bond donors (Lipinski definition) is 9. The molecule has 0 aromatic heterocycles. The third-order valence-electron chi connectivity index (χ3n) is 5.97. The minimum Gasteiger partial charge on any atom is -0.508 e. The molecule has 1 fully saturated rings. The van der Waals surface area contributed by atoms with Gasteiger partial charge in [0.1, 0.15) is 42.5 Å². The average Bonchev–Trinajstić information content (AvgIpc) is 2.90. The average molecular weight is 558 g/mol. The van der Waals surface area contributed by atoms with Crippen LogP contribution >= 0.6 is 0 Å². The molecule has 0 amide bonds. The van der Waals surface area contributed by atoms with Gasteiger partial charge in [-0.25, -0.2) is 4.79 Å². The summed E-state index contributed by atoms with van der Waals surface area (Å²) in [6.45, 7) is -0.655. The van der Waals surface area contributed by atoms with E-state index in [-0.39, 0.29) is 28.6 Å². The summed E-state index contributed by atoms with van der Waals surface area (Å²) in [5.41, 5.74) is 0.640. The van der Waals surface area contributed by atoms with Gasteiger partial charge in [0.2, 0.25) is 6.29 Å². The van der Waals surface area contributed by atoms with Gasteiger partial charge >= 0.3 is 5.97 Å². The first kappa shape index (κ1) is 28.3. The number of rotatable bonds is 7. The van der Waals surface area contributed by atoms with Gasteiger partial charge in [0.05, 0.1) is 5.56 Å². The lowest BCUT2D eigenvalue weighted by Gasteiger charge is -2.39. The molecular weight excluding hydrogens is 532 g/mol. The smallest absolute Gasteiger partial charge is 0.338 e. The Hall–Kier alpha value is -4.69. The number of esters is 1. The van der Waals surface area contributed by atoms with Gasteiger partial charge in [-0.3, -0.25) is 0 Å². The van der Waals surface area contributed by atoms with Gasteiger partial charge in [0, 0.05) is 6.07 Å². The van der Waals surface area contributed by atoms with Crippen molar-refractivity contribution in [3.05, 3.63) is 65.2 Å². The molecule has 1 saturated heterocycles. The van der Waals surface area contributed by atoms with Gasteiger partial charge in [-0.15, -0.1) is 0 Å². The number of carbonyl (C=O) groups excluding carboxylic acids is 1. The van der Waals surface area contributed by atoms with Crippen molar-refractivity contribution in [1.82, 2.24) is 0 Å². The minimum absolute atomic E-state index is 0.141. The molecule has 0 saturated carbocycles. The highest BCUT2D eigenvalue weighted by Crippen LogP contribution is 2.36. The van der Waals surface area contributed by atoms with Crippen LogP contribution in [0.1, 0.15) is 21.5 Å². The van der Waals surface area contributed by atoms with Crippen molar-refractivity contribution in [2.24, 2.45) is 0 Å². The molecule has 13 heteroatoms. The molecule has 0 aliphatic carbocycles. The zero-order chi connectivity index (χ0) is 29.1. The van der Waals surface area contributed by atoms with Crippen molar-refractivity contribution in [3.8, 4) is 40.2 Å². The van der Waals surface area contributed by atoms with E-state index >= 15 is 0 Å². The first-order valence-corrected chi connectivity index (χ1v) is 11.8. The molecule has 212 valence electrons. The largest absolute Gasteiger partial charge is 0.508 e. The van der Waals surface area contributed by atoms with E-state index in [0.717, 1.165) is 12.1 Å². The molecule has 1 aliphatic rings. The summed E-state index contributed by atoms with van der Waals surface area (Å²) >= 11 is 0. The quantitative estimate of drug-likeness (QED) is 0.113. The zero-order valence-corrected chi connectivity index (χ0v) is 20.5. The van der Waals surface area contributed by atoms with E-state index < -0.39 is 60.5 Å². The van der Waals surface area contributed by atoms with Gasteiger partial charge in [-0.05, 0) is 47.5 Å². The van der Waals surface area contributed by atoms with Crippen LogP contribution in [0.2, 0.25) is 0 Å². The van der Waals surface area contributed by atoms with Gasteiger partial charge in [0.15, 0.2) is 28.7 Å². The fourth-order valence-corrected chi connectivity index (χ4v) is 3.88. The summed E-state index contributed by atoms with van der Waals surface area (Å²) < 4.78 is 16.1. The zero-order valence-electron chi connectivity index (χ0n) is 20.5. The van der Waals surface area contributed by atoms with Crippen LogP contribution < -0.4 is 4.74 Å². The molecular formula is C27H26O13. The van der Waals surface area contributed by atoms with Gasteiger partial charge in [0.25, 0.3) is 0 Å². The topological polar surface area (TPSA) is 227 Å². The van der Waals surface area contributed by atoms with E-state index in [9.17, 15) is 50.8 Å². The van der Waals surface area contributed by atoms with Crippen molar-refractivity contribution in [2.75, 3.05) is 6.61 Å². The Bertz CT molecular complexity index is 1380. The molecule has 9 N–H and O–H groups in total. The highest BCUT2D eigenvalue weighted by atomic mass is 16.7. The lowest BCUT2D eigenvalue weighted by Crippen LogP contribution is -2.60. The Labute approximate surface area is 226 Å². The molecule has 1 heterocycles. The summed E-state index contributed by atoms with van der Waals surface area (Å²) in [6, 6.07) is 9.86. The van der Waals surface area contributed by atoms with Crippen molar-refractivity contribution in [1.29, 1.82) is 0 Å². The Kier molecular flexibility index (Phi) is 8.21. The van der Waals surface area contributed by atoms with E-state index in [1.54, 1.807) is 12.2 Å².